The molecule has 162 valence electrons. The molecule has 1 fully saturated rings. The van der Waals surface area contributed by atoms with Crippen LogP contribution < -0.4 is 15.4 Å². The highest BCUT2D eigenvalue weighted by Crippen LogP contribution is 2.29. The average Bonchev–Trinajstić information content (AvgIpc) is 2.70. The third kappa shape index (κ3) is 5.23. The number of fused-ring (bicyclic) bond motifs is 1. The molecule has 0 atom stereocenters. The van der Waals surface area contributed by atoms with Crippen LogP contribution in [-0.2, 0) is 6.61 Å². The number of pyridine rings is 1. The number of nitrogens with zero attached hydrogens (tertiary/aromatic N) is 1. The molecule has 1 amide bonds. The summed E-state index contributed by atoms with van der Waals surface area (Å²) in [7, 11) is 0. The Bertz CT molecular complexity index is 1050. The van der Waals surface area contributed by atoms with Crippen molar-refractivity contribution in [2.45, 2.75) is 64.3 Å². The quantitative estimate of drug-likeness (QED) is 0.623. The Labute approximate surface area is 184 Å². The van der Waals surface area contributed by atoms with E-state index in [2.05, 4.69) is 43.3 Å². The van der Waals surface area contributed by atoms with Gasteiger partial charge < -0.3 is 15.4 Å². The molecule has 1 aliphatic heterocycles. The van der Waals surface area contributed by atoms with Crippen molar-refractivity contribution < 1.29 is 9.53 Å². The zero-order chi connectivity index (χ0) is 22.1. The van der Waals surface area contributed by atoms with Crippen molar-refractivity contribution in [1.82, 2.24) is 15.6 Å². The molecule has 5 nitrogen and oxygen atoms in total. The van der Waals surface area contributed by atoms with E-state index in [1.54, 1.807) is 6.20 Å². The molecule has 1 saturated heterocycles. The molecule has 4 rings (SSSR count). The number of rotatable bonds is 5. The fourth-order valence-electron chi connectivity index (χ4n) is 4.80. The van der Waals surface area contributed by atoms with Crippen LogP contribution in [0.5, 0.6) is 5.75 Å². The van der Waals surface area contributed by atoms with Crippen LogP contribution in [0, 0.1) is 0 Å². The summed E-state index contributed by atoms with van der Waals surface area (Å²) in [5.41, 5.74) is 2.53. The number of aromatic nitrogens is 1. The highest BCUT2D eigenvalue weighted by Gasteiger charge is 2.38. The first-order chi connectivity index (χ1) is 14.7. The minimum absolute atomic E-state index is 0.00262. The Balaban J connectivity index is 1.38. The molecule has 1 aromatic heterocycles. The minimum atomic E-state index is -0.0239. The number of benzene rings is 2. The number of para-hydroxylation sites is 1. The van der Waals surface area contributed by atoms with Crippen LogP contribution >= 0.6 is 0 Å². The summed E-state index contributed by atoms with van der Waals surface area (Å²) in [4.78, 5) is 17.2. The van der Waals surface area contributed by atoms with Gasteiger partial charge in [0.25, 0.3) is 5.91 Å². The van der Waals surface area contributed by atoms with E-state index in [9.17, 15) is 4.79 Å². The smallest absolute Gasteiger partial charge is 0.251 e. The first-order valence-electron chi connectivity index (χ1n) is 10.9. The Morgan fingerprint density at radius 3 is 2.42 bits per heavy atom. The van der Waals surface area contributed by atoms with Crippen molar-refractivity contribution >= 4 is 16.8 Å². The monoisotopic (exact) mass is 417 g/mol. The Morgan fingerprint density at radius 1 is 1.03 bits per heavy atom. The van der Waals surface area contributed by atoms with E-state index in [1.807, 2.05) is 54.6 Å². The minimum Gasteiger partial charge on any atom is -0.487 e. The van der Waals surface area contributed by atoms with Gasteiger partial charge in [-0.05, 0) is 70.4 Å². The van der Waals surface area contributed by atoms with Crippen LogP contribution in [0.4, 0.5) is 0 Å². The maximum absolute atomic E-state index is 12.8. The molecular weight excluding hydrogens is 386 g/mol. The normalized spacial score (nSPS) is 17.9. The van der Waals surface area contributed by atoms with Gasteiger partial charge in [0.05, 0.1) is 0 Å². The van der Waals surface area contributed by atoms with E-state index in [-0.39, 0.29) is 23.0 Å². The lowest BCUT2D eigenvalue weighted by molar-refractivity contribution is 0.0873. The standard InChI is InChI=1S/C26H31N3O2/c1-25(2)15-21(16-26(3,4)29-25)28-24(30)20-12-10-18(11-13-20)17-31-22-9-5-7-19-8-6-14-27-23(19)22/h5-14,21,29H,15-17H2,1-4H3,(H,28,30). The van der Waals surface area contributed by atoms with E-state index in [0.29, 0.717) is 12.2 Å². The van der Waals surface area contributed by atoms with Crippen molar-refractivity contribution in [3.8, 4) is 5.75 Å². The van der Waals surface area contributed by atoms with Gasteiger partial charge in [-0.2, -0.15) is 0 Å². The number of piperidine rings is 1. The van der Waals surface area contributed by atoms with Crippen molar-refractivity contribution in [1.29, 1.82) is 0 Å². The molecule has 31 heavy (non-hydrogen) atoms. The van der Waals surface area contributed by atoms with Gasteiger partial charge in [-0.25, -0.2) is 0 Å². The number of hydrogen-bond acceptors (Lipinski definition) is 4. The van der Waals surface area contributed by atoms with Crippen LogP contribution in [0.3, 0.4) is 0 Å². The molecule has 3 aromatic rings. The second kappa shape index (κ2) is 8.31. The lowest BCUT2D eigenvalue weighted by atomic mass is 9.79. The van der Waals surface area contributed by atoms with Gasteiger partial charge in [0.1, 0.15) is 17.9 Å². The fraction of sp³-hybridized carbons (Fsp3) is 0.385. The predicted octanol–water partition coefficient (Wildman–Crippen LogP) is 4.85. The molecule has 0 radical (unpaired) electrons. The lowest BCUT2D eigenvalue weighted by Gasteiger charge is -2.46. The summed E-state index contributed by atoms with van der Waals surface area (Å²) in [6, 6.07) is 17.6. The van der Waals surface area contributed by atoms with Gasteiger partial charge in [0.2, 0.25) is 0 Å². The van der Waals surface area contributed by atoms with Crippen molar-refractivity contribution in [3.05, 3.63) is 71.9 Å². The topological polar surface area (TPSA) is 63.2 Å². The Kier molecular flexibility index (Phi) is 5.71. The summed E-state index contributed by atoms with van der Waals surface area (Å²) in [6.07, 6.45) is 3.59. The number of carbonyl (C=O) groups is 1. The fourth-order valence-corrected chi connectivity index (χ4v) is 4.80. The van der Waals surface area contributed by atoms with E-state index < -0.39 is 0 Å². The molecule has 0 saturated carbocycles. The van der Waals surface area contributed by atoms with Gasteiger partial charge in [-0.15, -0.1) is 0 Å². The summed E-state index contributed by atoms with van der Waals surface area (Å²) in [6.45, 7) is 9.18. The summed E-state index contributed by atoms with van der Waals surface area (Å²) < 4.78 is 6.00. The van der Waals surface area contributed by atoms with Crippen LogP contribution in [0.15, 0.2) is 60.8 Å². The van der Waals surface area contributed by atoms with Gasteiger partial charge in [-0.1, -0.05) is 30.3 Å². The van der Waals surface area contributed by atoms with Gasteiger partial charge in [-0.3, -0.25) is 9.78 Å². The summed E-state index contributed by atoms with van der Waals surface area (Å²) >= 11 is 0. The lowest BCUT2D eigenvalue weighted by Crippen LogP contribution is -2.62. The molecular formula is C26H31N3O2. The highest BCUT2D eigenvalue weighted by atomic mass is 16.5. The molecule has 0 aliphatic carbocycles. The predicted molar refractivity (Wildman–Crippen MR) is 124 cm³/mol. The average molecular weight is 418 g/mol. The molecule has 2 heterocycles. The van der Waals surface area contributed by atoms with E-state index >= 15 is 0 Å². The number of nitrogens with one attached hydrogen (secondary N) is 2. The van der Waals surface area contributed by atoms with E-state index in [1.165, 1.54) is 0 Å². The maximum Gasteiger partial charge on any atom is 0.251 e. The van der Waals surface area contributed by atoms with Gasteiger partial charge >= 0.3 is 0 Å². The molecule has 0 bridgehead atoms. The Hall–Kier alpha value is -2.92. The maximum atomic E-state index is 12.8. The number of carbonyl (C=O) groups excluding carboxylic acids is 1. The van der Waals surface area contributed by atoms with Crippen LogP contribution in [0.1, 0.15) is 56.5 Å². The first-order valence-corrected chi connectivity index (χ1v) is 10.9. The molecule has 1 aliphatic rings. The largest absolute Gasteiger partial charge is 0.487 e. The van der Waals surface area contributed by atoms with E-state index in [0.717, 1.165) is 35.1 Å². The summed E-state index contributed by atoms with van der Waals surface area (Å²) in [5, 5.41) is 7.93. The summed E-state index contributed by atoms with van der Waals surface area (Å²) in [5.74, 6) is 0.736. The number of amides is 1. The third-order valence-electron chi connectivity index (χ3n) is 5.73. The molecule has 5 heteroatoms. The van der Waals surface area contributed by atoms with Crippen LogP contribution in [0.2, 0.25) is 0 Å². The van der Waals surface area contributed by atoms with Crippen LogP contribution in [0.25, 0.3) is 10.9 Å². The highest BCUT2D eigenvalue weighted by molar-refractivity contribution is 5.94. The van der Waals surface area contributed by atoms with Crippen molar-refractivity contribution in [2.75, 3.05) is 0 Å². The number of ether oxygens (including phenoxy) is 1. The zero-order valence-electron chi connectivity index (χ0n) is 18.7. The second-order valence-electron chi connectivity index (χ2n) is 9.79. The molecule has 0 unspecified atom stereocenters. The third-order valence-corrected chi connectivity index (χ3v) is 5.73. The zero-order valence-corrected chi connectivity index (χ0v) is 18.7. The SMILES string of the molecule is CC1(C)CC(NC(=O)c2ccc(COc3cccc4cccnc34)cc2)CC(C)(C)N1. The van der Waals surface area contributed by atoms with E-state index in [4.69, 9.17) is 4.74 Å². The Morgan fingerprint density at radius 2 is 1.71 bits per heavy atom. The van der Waals surface area contributed by atoms with Gasteiger partial charge in [0, 0.05) is 34.3 Å². The number of hydrogen-bond donors (Lipinski definition) is 2. The van der Waals surface area contributed by atoms with Crippen molar-refractivity contribution in [2.24, 2.45) is 0 Å². The van der Waals surface area contributed by atoms with Crippen molar-refractivity contribution in [3.63, 3.8) is 0 Å². The molecule has 2 aromatic carbocycles. The molecule has 0 spiro atoms. The molecule has 2 N–H and O–H groups in total. The first kappa shape index (κ1) is 21.3. The second-order valence-corrected chi connectivity index (χ2v) is 9.79. The van der Waals surface area contributed by atoms with Gasteiger partial charge in [0.15, 0.2) is 0 Å². The van der Waals surface area contributed by atoms with Crippen LogP contribution in [-0.4, -0.2) is 28.0 Å².